The summed E-state index contributed by atoms with van der Waals surface area (Å²) in [5.41, 5.74) is 2.21. The first-order chi connectivity index (χ1) is 14.5. The molecule has 0 saturated carbocycles. The van der Waals surface area contributed by atoms with Gasteiger partial charge < -0.3 is 20.3 Å². The first-order valence-electron chi connectivity index (χ1n) is 10.7. The quantitative estimate of drug-likeness (QED) is 0.671. The van der Waals surface area contributed by atoms with Crippen LogP contribution in [0.1, 0.15) is 49.9 Å². The molecule has 160 valence electrons. The Hall–Kier alpha value is -3.02. The fraction of sp³-hybridized carbons (Fsp3) is 0.417. The van der Waals surface area contributed by atoms with Crippen LogP contribution in [0.15, 0.2) is 48.5 Å². The lowest BCUT2D eigenvalue weighted by molar-refractivity contribution is -0.114. The first-order valence-corrected chi connectivity index (χ1v) is 10.7. The zero-order valence-electron chi connectivity index (χ0n) is 17.8. The van der Waals surface area contributed by atoms with Crippen LogP contribution in [0.4, 0.5) is 11.4 Å². The van der Waals surface area contributed by atoms with E-state index in [1.54, 1.807) is 0 Å². The van der Waals surface area contributed by atoms with E-state index in [9.17, 15) is 9.59 Å². The SMILES string of the molecule is CCC(C)Oc1ccc(NC(=O)CNc2ccc(C(=O)N3CCCCC3)cc2)cc1. The lowest BCUT2D eigenvalue weighted by Crippen LogP contribution is -2.35. The van der Waals surface area contributed by atoms with Crippen LogP contribution < -0.4 is 15.4 Å². The van der Waals surface area contributed by atoms with Gasteiger partial charge in [0, 0.05) is 30.0 Å². The molecule has 1 saturated heterocycles. The third-order valence-corrected chi connectivity index (χ3v) is 5.28. The summed E-state index contributed by atoms with van der Waals surface area (Å²) in [5, 5.41) is 5.96. The highest BCUT2D eigenvalue weighted by molar-refractivity contribution is 5.95. The first kappa shape index (κ1) is 21.7. The standard InChI is InChI=1S/C24H31N3O3/c1-3-18(2)30-22-13-11-21(12-14-22)26-23(28)17-25-20-9-7-19(8-10-20)24(29)27-15-5-4-6-16-27/h7-14,18,25H,3-6,15-17H2,1-2H3,(H,26,28). The number of likely N-dealkylation sites (tertiary alicyclic amines) is 1. The molecule has 2 amide bonds. The van der Waals surface area contributed by atoms with Crippen LogP contribution in [0.25, 0.3) is 0 Å². The Kier molecular flexibility index (Phi) is 7.71. The minimum absolute atomic E-state index is 0.0831. The van der Waals surface area contributed by atoms with Gasteiger partial charge in [0.15, 0.2) is 0 Å². The molecule has 0 radical (unpaired) electrons. The third-order valence-electron chi connectivity index (χ3n) is 5.28. The monoisotopic (exact) mass is 409 g/mol. The molecule has 1 atom stereocenters. The van der Waals surface area contributed by atoms with Crippen molar-refractivity contribution in [1.82, 2.24) is 4.90 Å². The molecule has 3 rings (SSSR count). The predicted octanol–water partition coefficient (Wildman–Crippen LogP) is 4.54. The number of carbonyl (C=O) groups excluding carboxylic acids is 2. The number of anilines is 2. The van der Waals surface area contributed by atoms with E-state index in [0.29, 0.717) is 5.56 Å². The maximum atomic E-state index is 12.5. The molecule has 2 aromatic carbocycles. The Morgan fingerprint density at radius 2 is 1.60 bits per heavy atom. The molecule has 1 unspecified atom stereocenters. The summed E-state index contributed by atoms with van der Waals surface area (Å²) >= 11 is 0. The number of rotatable bonds is 8. The van der Waals surface area contributed by atoms with Crippen molar-refractivity contribution in [3.63, 3.8) is 0 Å². The second kappa shape index (κ2) is 10.7. The van der Waals surface area contributed by atoms with Crippen LogP contribution in [0.5, 0.6) is 5.75 Å². The van der Waals surface area contributed by atoms with Crippen LogP contribution in [-0.2, 0) is 4.79 Å². The average molecular weight is 410 g/mol. The Bertz CT molecular complexity index is 828. The van der Waals surface area contributed by atoms with Gasteiger partial charge in [-0.15, -0.1) is 0 Å². The minimum Gasteiger partial charge on any atom is -0.491 e. The molecule has 1 aliphatic rings. The van der Waals surface area contributed by atoms with E-state index in [1.807, 2.05) is 60.4 Å². The van der Waals surface area contributed by atoms with Crippen LogP contribution in [0.3, 0.4) is 0 Å². The van der Waals surface area contributed by atoms with E-state index in [0.717, 1.165) is 49.5 Å². The smallest absolute Gasteiger partial charge is 0.253 e. The fourth-order valence-electron chi connectivity index (χ4n) is 3.33. The normalized spacial score (nSPS) is 14.7. The molecule has 2 N–H and O–H groups in total. The van der Waals surface area contributed by atoms with E-state index < -0.39 is 0 Å². The van der Waals surface area contributed by atoms with E-state index in [-0.39, 0.29) is 24.5 Å². The molecule has 1 fully saturated rings. The van der Waals surface area contributed by atoms with Crippen molar-refractivity contribution in [2.75, 3.05) is 30.3 Å². The van der Waals surface area contributed by atoms with Gasteiger partial charge in [0.05, 0.1) is 12.6 Å². The number of ether oxygens (including phenoxy) is 1. The number of nitrogens with zero attached hydrogens (tertiary/aromatic N) is 1. The van der Waals surface area contributed by atoms with Gasteiger partial charge in [0.2, 0.25) is 5.91 Å². The summed E-state index contributed by atoms with van der Waals surface area (Å²) in [6, 6.07) is 14.7. The number of benzene rings is 2. The number of nitrogens with one attached hydrogen (secondary N) is 2. The van der Waals surface area contributed by atoms with Gasteiger partial charge in [-0.3, -0.25) is 9.59 Å². The summed E-state index contributed by atoms with van der Waals surface area (Å²) < 4.78 is 5.74. The highest BCUT2D eigenvalue weighted by Gasteiger charge is 2.17. The number of hydrogen-bond donors (Lipinski definition) is 2. The summed E-state index contributed by atoms with van der Waals surface area (Å²) in [6.45, 7) is 5.92. The van der Waals surface area contributed by atoms with Crippen LogP contribution in [-0.4, -0.2) is 42.5 Å². The maximum absolute atomic E-state index is 12.5. The maximum Gasteiger partial charge on any atom is 0.253 e. The predicted molar refractivity (Wildman–Crippen MR) is 120 cm³/mol. The lowest BCUT2D eigenvalue weighted by Gasteiger charge is -2.26. The third kappa shape index (κ3) is 6.24. The number of hydrogen-bond acceptors (Lipinski definition) is 4. The zero-order valence-corrected chi connectivity index (χ0v) is 17.8. The fourth-order valence-corrected chi connectivity index (χ4v) is 3.33. The van der Waals surface area contributed by atoms with E-state index >= 15 is 0 Å². The largest absolute Gasteiger partial charge is 0.491 e. The Balaban J connectivity index is 1.45. The molecule has 1 aliphatic heterocycles. The van der Waals surface area contributed by atoms with Gasteiger partial charge in [0.25, 0.3) is 5.91 Å². The van der Waals surface area contributed by atoms with Crippen LogP contribution >= 0.6 is 0 Å². The van der Waals surface area contributed by atoms with E-state index in [2.05, 4.69) is 17.6 Å². The van der Waals surface area contributed by atoms with Gasteiger partial charge >= 0.3 is 0 Å². The summed E-state index contributed by atoms with van der Waals surface area (Å²) in [5.74, 6) is 0.735. The van der Waals surface area contributed by atoms with Crippen molar-refractivity contribution in [1.29, 1.82) is 0 Å². The number of amides is 2. The molecule has 1 heterocycles. The van der Waals surface area contributed by atoms with Crippen molar-refractivity contribution in [2.24, 2.45) is 0 Å². The molecule has 0 aliphatic carbocycles. The molecule has 0 bridgehead atoms. The van der Waals surface area contributed by atoms with Crippen molar-refractivity contribution >= 4 is 23.2 Å². The highest BCUT2D eigenvalue weighted by atomic mass is 16.5. The molecule has 2 aromatic rings. The van der Waals surface area contributed by atoms with Gasteiger partial charge in [-0.05, 0) is 81.1 Å². The van der Waals surface area contributed by atoms with E-state index in [4.69, 9.17) is 4.74 Å². The number of carbonyl (C=O) groups is 2. The van der Waals surface area contributed by atoms with Gasteiger partial charge in [0.1, 0.15) is 5.75 Å². The molecule has 0 aromatic heterocycles. The van der Waals surface area contributed by atoms with Crippen LogP contribution in [0, 0.1) is 0 Å². The Labute approximate surface area is 178 Å². The van der Waals surface area contributed by atoms with Crippen molar-refractivity contribution in [2.45, 2.75) is 45.6 Å². The average Bonchev–Trinajstić information content (AvgIpc) is 2.79. The molecule has 30 heavy (non-hydrogen) atoms. The topological polar surface area (TPSA) is 70.7 Å². The molecular formula is C24H31N3O3. The minimum atomic E-state index is -0.140. The van der Waals surface area contributed by atoms with Crippen molar-refractivity contribution in [3.8, 4) is 5.75 Å². The van der Waals surface area contributed by atoms with E-state index in [1.165, 1.54) is 6.42 Å². The lowest BCUT2D eigenvalue weighted by atomic mass is 10.1. The summed E-state index contributed by atoms with van der Waals surface area (Å²) in [6.07, 6.45) is 4.46. The van der Waals surface area contributed by atoms with Gasteiger partial charge in [-0.1, -0.05) is 6.92 Å². The highest BCUT2D eigenvalue weighted by Crippen LogP contribution is 2.18. The Morgan fingerprint density at radius 1 is 0.967 bits per heavy atom. The van der Waals surface area contributed by atoms with Crippen molar-refractivity contribution in [3.05, 3.63) is 54.1 Å². The molecule has 0 spiro atoms. The second-order valence-corrected chi connectivity index (χ2v) is 7.69. The van der Waals surface area contributed by atoms with Gasteiger partial charge in [-0.25, -0.2) is 0 Å². The Morgan fingerprint density at radius 3 is 2.23 bits per heavy atom. The van der Waals surface area contributed by atoms with Crippen molar-refractivity contribution < 1.29 is 14.3 Å². The van der Waals surface area contributed by atoms with Gasteiger partial charge in [-0.2, -0.15) is 0 Å². The number of piperidine rings is 1. The molecule has 6 heteroatoms. The second-order valence-electron chi connectivity index (χ2n) is 7.69. The van der Waals surface area contributed by atoms with Crippen LogP contribution in [0.2, 0.25) is 0 Å². The zero-order chi connectivity index (χ0) is 21.3. The summed E-state index contributed by atoms with van der Waals surface area (Å²) in [4.78, 5) is 26.6. The summed E-state index contributed by atoms with van der Waals surface area (Å²) in [7, 11) is 0. The molecule has 6 nitrogen and oxygen atoms in total. The molecular weight excluding hydrogens is 378 g/mol.